The number of carbonyl (C=O) groups excluding carboxylic acids is 1. The van der Waals surface area contributed by atoms with Gasteiger partial charge in [-0.3, -0.25) is 4.79 Å². The number of rotatable bonds is 11. The predicted octanol–water partition coefficient (Wildman–Crippen LogP) is 3.92. The summed E-state index contributed by atoms with van der Waals surface area (Å²) in [4.78, 5) is 11.3. The summed E-state index contributed by atoms with van der Waals surface area (Å²) in [5.41, 5.74) is -0.579. The summed E-state index contributed by atoms with van der Waals surface area (Å²) in [6, 6.07) is 3.72. The number of methoxy groups -OCH3 is 3. The van der Waals surface area contributed by atoms with Gasteiger partial charge in [-0.25, -0.2) is 0 Å². The number of hydrogen-bond acceptors (Lipinski definition) is 9. The third kappa shape index (κ3) is 4.65. The summed E-state index contributed by atoms with van der Waals surface area (Å²) >= 11 is 0. The van der Waals surface area contributed by atoms with Crippen LogP contribution in [0, 0.1) is 11.8 Å². The Labute approximate surface area is 224 Å². The fourth-order valence-electron chi connectivity index (χ4n) is 6.73. The van der Waals surface area contributed by atoms with Crippen molar-refractivity contribution in [2.75, 3.05) is 41.3 Å². The summed E-state index contributed by atoms with van der Waals surface area (Å²) in [5, 5.41) is 24.6. The number of carbonyl (C=O) groups is 1. The standard InChI is InChI=1S/C29H40O9/c1-6-19(11-23(34-4)26(35-5)15-33-3)27-18(2)22(14-36-16-30)29(32,28(31)9-7-8-10-28)21-13-25-24(12-20(21)27)37-17-38-25/h11-13,16,18,22,27,31-32H,6-10,14-15,17H2,1-5H3/b19-11+,26-23-/t18?,22?,27-,29?/m1/s1. The van der Waals surface area contributed by atoms with E-state index in [1.54, 1.807) is 27.4 Å². The molecule has 3 unspecified atom stereocenters. The Kier molecular flexibility index (Phi) is 8.59. The van der Waals surface area contributed by atoms with Gasteiger partial charge < -0.3 is 38.6 Å². The summed E-state index contributed by atoms with van der Waals surface area (Å²) < 4.78 is 33.3. The van der Waals surface area contributed by atoms with Crippen molar-refractivity contribution in [3.63, 3.8) is 0 Å². The molecule has 0 bridgehead atoms. The summed E-state index contributed by atoms with van der Waals surface area (Å²) in [6.45, 7) is 4.78. The Morgan fingerprint density at radius 2 is 1.79 bits per heavy atom. The molecular formula is C29H40O9. The first-order chi connectivity index (χ1) is 18.3. The lowest BCUT2D eigenvalue weighted by atomic mass is 9.55. The van der Waals surface area contributed by atoms with Crippen molar-refractivity contribution in [3.8, 4) is 11.5 Å². The van der Waals surface area contributed by atoms with Crippen molar-refractivity contribution in [2.24, 2.45) is 11.8 Å². The Morgan fingerprint density at radius 1 is 1.11 bits per heavy atom. The molecule has 3 aliphatic rings. The van der Waals surface area contributed by atoms with Crippen molar-refractivity contribution >= 4 is 6.47 Å². The van der Waals surface area contributed by atoms with E-state index in [1.165, 1.54) is 0 Å². The van der Waals surface area contributed by atoms with Gasteiger partial charge in [-0.15, -0.1) is 0 Å². The van der Waals surface area contributed by atoms with Crippen LogP contribution in [0.2, 0.25) is 0 Å². The first-order valence-corrected chi connectivity index (χ1v) is 13.2. The maximum Gasteiger partial charge on any atom is 0.293 e. The molecule has 1 aliphatic heterocycles. The molecule has 38 heavy (non-hydrogen) atoms. The summed E-state index contributed by atoms with van der Waals surface area (Å²) in [5.74, 6) is 1.19. The molecule has 2 aliphatic carbocycles. The Bertz CT molecular complexity index is 1070. The molecule has 0 amide bonds. The van der Waals surface area contributed by atoms with Crippen LogP contribution >= 0.6 is 0 Å². The number of hydrogen-bond donors (Lipinski definition) is 2. The highest BCUT2D eigenvalue weighted by Crippen LogP contribution is 2.60. The Balaban J connectivity index is 1.97. The van der Waals surface area contributed by atoms with E-state index in [4.69, 9.17) is 28.4 Å². The van der Waals surface area contributed by atoms with Gasteiger partial charge >= 0.3 is 0 Å². The van der Waals surface area contributed by atoms with E-state index in [-0.39, 0.29) is 31.8 Å². The monoisotopic (exact) mass is 532 g/mol. The van der Waals surface area contributed by atoms with Crippen molar-refractivity contribution in [3.05, 3.63) is 46.4 Å². The molecule has 210 valence electrons. The lowest BCUT2D eigenvalue weighted by Crippen LogP contribution is -2.60. The number of ether oxygens (including phenoxy) is 6. The molecule has 0 aromatic heterocycles. The Hall–Kier alpha value is -2.75. The molecule has 1 fully saturated rings. The average molecular weight is 533 g/mol. The maximum atomic E-state index is 12.6. The second kappa shape index (κ2) is 11.6. The van der Waals surface area contributed by atoms with E-state index in [0.29, 0.717) is 54.3 Å². The molecule has 1 heterocycles. The first-order valence-electron chi connectivity index (χ1n) is 13.2. The largest absolute Gasteiger partial charge is 0.495 e. The van der Waals surface area contributed by atoms with E-state index in [9.17, 15) is 15.0 Å². The van der Waals surface area contributed by atoms with Gasteiger partial charge in [-0.2, -0.15) is 0 Å². The lowest BCUT2D eigenvalue weighted by Gasteiger charge is -2.54. The second-order valence-electron chi connectivity index (χ2n) is 10.4. The first kappa shape index (κ1) is 28.3. The van der Waals surface area contributed by atoms with Crippen molar-refractivity contribution in [2.45, 2.75) is 63.1 Å². The highest BCUT2D eigenvalue weighted by atomic mass is 16.7. The molecule has 1 aromatic carbocycles. The molecule has 1 saturated carbocycles. The SMILES string of the molecule is CC/C(=C\C(OC)=C(/COC)OC)[C@@H]1c2cc3c(cc2C(O)(C2(O)CCCC2)C(COC=O)C1C)OCO3. The smallest absolute Gasteiger partial charge is 0.293 e. The molecule has 9 heteroatoms. The zero-order chi connectivity index (χ0) is 27.5. The van der Waals surface area contributed by atoms with Crippen LogP contribution in [0.1, 0.15) is 63.0 Å². The minimum absolute atomic E-state index is 0.0369. The third-order valence-electron chi connectivity index (χ3n) is 8.61. The van der Waals surface area contributed by atoms with E-state index in [1.807, 2.05) is 19.1 Å². The second-order valence-corrected chi connectivity index (χ2v) is 10.4. The van der Waals surface area contributed by atoms with E-state index in [2.05, 4.69) is 6.92 Å². The van der Waals surface area contributed by atoms with E-state index < -0.39 is 17.1 Å². The molecule has 4 atom stereocenters. The topological polar surface area (TPSA) is 113 Å². The van der Waals surface area contributed by atoms with Crippen LogP contribution in [-0.4, -0.2) is 63.6 Å². The fourth-order valence-corrected chi connectivity index (χ4v) is 6.73. The highest BCUT2D eigenvalue weighted by molar-refractivity contribution is 5.56. The zero-order valence-corrected chi connectivity index (χ0v) is 23.0. The van der Waals surface area contributed by atoms with Crippen LogP contribution in [0.3, 0.4) is 0 Å². The maximum absolute atomic E-state index is 12.6. The molecule has 0 saturated heterocycles. The zero-order valence-electron chi connectivity index (χ0n) is 23.0. The van der Waals surface area contributed by atoms with Crippen LogP contribution < -0.4 is 9.47 Å². The van der Waals surface area contributed by atoms with Gasteiger partial charge in [0, 0.05) is 18.9 Å². The van der Waals surface area contributed by atoms with Crippen LogP contribution in [0.15, 0.2) is 35.3 Å². The van der Waals surface area contributed by atoms with Gasteiger partial charge in [0.05, 0.1) is 26.4 Å². The van der Waals surface area contributed by atoms with Gasteiger partial charge in [-0.05, 0) is 54.5 Å². The van der Waals surface area contributed by atoms with Crippen LogP contribution in [0.25, 0.3) is 0 Å². The summed E-state index contributed by atoms with van der Waals surface area (Å²) in [6.07, 6.45) is 5.14. The van der Waals surface area contributed by atoms with Crippen molar-refractivity contribution < 1.29 is 43.4 Å². The van der Waals surface area contributed by atoms with E-state index in [0.717, 1.165) is 24.0 Å². The molecule has 0 spiro atoms. The fraction of sp³-hybridized carbons (Fsp3) is 0.621. The molecule has 2 N–H and O–H groups in total. The summed E-state index contributed by atoms with van der Waals surface area (Å²) in [7, 11) is 4.74. The predicted molar refractivity (Wildman–Crippen MR) is 139 cm³/mol. The van der Waals surface area contributed by atoms with Gasteiger partial charge in [0.25, 0.3) is 6.47 Å². The quantitative estimate of drug-likeness (QED) is 0.249. The molecular weight excluding hydrogens is 492 g/mol. The van der Waals surface area contributed by atoms with Gasteiger partial charge in [-0.1, -0.05) is 32.3 Å². The minimum atomic E-state index is -1.66. The average Bonchev–Trinajstić information content (AvgIpc) is 3.58. The van der Waals surface area contributed by atoms with Gasteiger partial charge in [0.1, 0.15) is 12.2 Å². The number of allylic oxidation sites excluding steroid dienone is 2. The number of aliphatic hydroxyl groups is 2. The molecule has 0 radical (unpaired) electrons. The number of fused-ring (bicyclic) bond motifs is 2. The normalized spacial score (nSPS) is 28.4. The van der Waals surface area contributed by atoms with Crippen molar-refractivity contribution in [1.29, 1.82) is 0 Å². The highest BCUT2D eigenvalue weighted by Gasteiger charge is 2.62. The van der Waals surface area contributed by atoms with E-state index >= 15 is 0 Å². The lowest BCUT2D eigenvalue weighted by molar-refractivity contribution is -0.211. The van der Waals surface area contributed by atoms with Crippen LogP contribution in [0.4, 0.5) is 0 Å². The van der Waals surface area contributed by atoms with Gasteiger partial charge in [0.15, 0.2) is 23.0 Å². The van der Waals surface area contributed by atoms with Gasteiger partial charge in [0.2, 0.25) is 6.79 Å². The van der Waals surface area contributed by atoms with Crippen LogP contribution in [-0.2, 0) is 29.3 Å². The molecule has 4 rings (SSSR count). The molecule has 9 nitrogen and oxygen atoms in total. The van der Waals surface area contributed by atoms with Crippen molar-refractivity contribution in [1.82, 2.24) is 0 Å². The minimum Gasteiger partial charge on any atom is -0.495 e. The molecule has 1 aromatic rings. The van der Waals surface area contributed by atoms with Crippen LogP contribution in [0.5, 0.6) is 11.5 Å². The Morgan fingerprint density at radius 3 is 2.37 bits per heavy atom. The third-order valence-corrected chi connectivity index (χ3v) is 8.61. The number of benzene rings is 1.